The van der Waals surface area contributed by atoms with Crippen LogP contribution in [0.15, 0.2) is 102 Å². The summed E-state index contributed by atoms with van der Waals surface area (Å²) in [6.07, 6.45) is 0. The van der Waals surface area contributed by atoms with Crippen LogP contribution in [0.2, 0.25) is 0 Å². The number of H-pyrrole nitrogens is 1. The van der Waals surface area contributed by atoms with Gasteiger partial charge in [0, 0.05) is 11.3 Å². The lowest BCUT2D eigenvalue weighted by molar-refractivity contribution is 0.0642. The normalized spacial score (nSPS) is 12.9. The van der Waals surface area contributed by atoms with E-state index in [1.54, 1.807) is 24.3 Å². The third-order valence-electron chi connectivity index (χ3n) is 8.25. The summed E-state index contributed by atoms with van der Waals surface area (Å²) in [5.74, 6) is -0.629. The first-order valence-corrected chi connectivity index (χ1v) is 15.3. The van der Waals surface area contributed by atoms with Crippen LogP contribution < -0.4 is 5.56 Å². The topological polar surface area (TPSA) is 100 Å². The number of aromatic nitrogens is 4. The summed E-state index contributed by atoms with van der Waals surface area (Å²) in [7, 11) is 0. The molecule has 8 rings (SSSR count). The number of aromatic amines is 1. The molecular formula is C36H25N5O3S. The van der Waals surface area contributed by atoms with Crippen LogP contribution in [-0.2, 0) is 6.54 Å². The van der Waals surface area contributed by atoms with Crippen molar-refractivity contribution in [3.63, 3.8) is 0 Å². The lowest BCUT2D eigenvalue weighted by Crippen LogP contribution is -2.28. The Kier molecular flexibility index (Phi) is 6.11. The molecule has 8 nitrogen and oxygen atoms in total. The zero-order valence-electron chi connectivity index (χ0n) is 24.4. The predicted molar refractivity (Wildman–Crippen MR) is 175 cm³/mol. The number of carbonyl (C=O) groups is 2. The molecule has 218 valence electrons. The SMILES string of the molecule is Cc1ccc(-c2nn3c(=O)c(-c4ccc5nc(CN6C(=O)c7ccccc7C6=O)sc5c4)c(C)[nH]c3c2-c2ccccc2)cc1. The molecule has 2 amide bonds. The monoisotopic (exact) mass is 607 g/mol. The minimum Gasteiger partial charge on any atom is -0.343 e. The lowest BCUT2D eigenvalue weighted by atomic mass is 10.00. The van der Waals surface area contributed by atoms with E-state index in [2.05, 4.69) is 4.98 Å². The number of carbonyl (C=O) groups excluding carboxylic acids is 2. The highest BCUT2D eigenvalue weighted by molar-refractivity contribution is 7.18. The average molecular weight is 608 g/mol. The summed E-state index contributed by atoms with van der Waals surface area (Å²) in [4.78, 5) is 49.4. The number of rotatable bonds is 5. The Morgan fingerprint density at radius 1 is 0.733 bits per heavy atom. The van der Waals surface area contributed by atoms with Crippen molar-refractivity contribution in [2.75, 3.05) is 0 Å². The fourth-order valence-corrected chi connectivity index (χ4v) is 7.03. The molecular weight excluding hydrogens is 582 g/mol. The number of nitrogens with one attached hydrogen (secondary N) is 1. The van der Waals surface area contributed by atoms with E-state index in [0.717, 1.165) is 49.4 Å². The molecule has 0 fully saturated rings. The highest BCUT2D eigenvalue weighted by Crippen LogP contribution is 2.36. The molecule has 7 aromatic rings. The smallest absolute Gasteiger partial charge is 0.282 e. The standard InChI is InChI=1S/C36H25N5O3S/c1-20-12-14-23(15-13-20)32-31(22-8-4-3-5-9-22)33-37-21(2)30(36(44)41(33)39-32)24-16-17-27-28(18-24)45-29(38-27)19-40-34(42)25-10-6-7-11-26(25)35(40)43/h3-18,37H,19H2,1-2H3. The minimum atomic E-state index is -0.315. The molecule has 0 unspecified atom stereocenters. The molecule has 0 bridgehead atoms. The Bertz CT molecular complexity index is 2350. The van der Waals surface area contributed by atoms with Gasteiger partial charge in [-0.2, -0.15) is 9.61 Å². The lowest BCUT2D eigenvalue weighted by Gasteiger charge is -2.11. The maximum Gasteiger partial charge on any atom is 0.282 e. The fourth-order valence-electron chi connectivity index (χ4n) is 6.03. The summed E-state index contributed by atoms with van der Waals surface area (Å²) >= 11 is 1.40. The quantitative estimate of drug-likeness (QED) is 0.212. The molecule has 45 heavy (non-hydrogen) atoms. The van der Waals surface area contributed by atoms with Gasteiger partial charge in [-0.25, -0.2) is 4.98 Å². The third kappa shape index (κ3) is 4.31. The van der Waals surface area contributed by atoms with Crippen LogP contribution in [0.25, 0.3) is 49.4 Å². The van der Waals surface area contributed by atoms with Gasteiger partial charge in [-0.05, 0) is 49.2 Å². The van der Waals surface area contributed by atoms with Crippen LogP contribution >= 0.6 is 11.3 Å². The van der Waals surface area contributed by atoms with Crippen molar-refractivity contribution < 1.29 is 9.59 Å². The summed E-state index contributed by atoms with van der Waals surface area (Å²) in [5.41, 5.74) is 8.53. The van der Waals surface area contributed by atoms with Crippen LogP contribution in [0.4, 0.5) is 0 Å². The Labute approximate surface area is 261 Å². The second-order valence-corrected chi connectivity index (χ2v) is 12.3. The van der Waals surface area contributed by atoms with E-state index < -0.39 is 0 Å². The maximum atomic E-state index is 14.2. The zero-order chi connectivity index (χ0) is 30.8. The van der Waals surface area contributed by atoms with Gasteiger partial charge < -0.3 is 4.98 Å². The summed E-state index contributed by atoms with van der Waals surface area (Å²) in [6, 6.07) is 30.6. The van der Waals surface area contributed by atoms with Crippen molar-refractivity contribution in [3.8, 4) is 33.5 Å². The van der Waals surface area contributed by atoms with Crippen molar-refractivity contribution in [2.45, 2.75) is 20.4 Å². The number of thiazole rings is 1. The maximum absolute atomic E-state index is 14.2. The average Bonchev–Trinajstić information content (AvgIpc) is 3.71. The molecule has 4 heterocycles. The van der Waals surface area contributed by atoms with Crippen molar-refractivity contribution in [1.82, 2.24) is 24.5 Å². The second-order valence-electron chi connectivity index (χ2n) is 11.2. The van der Waals surface area contributed by atoms with E-state index in [0.29, 0.717) is 27.3 Å². The highest BCUT2D eigenvalue weighted by Gasteiger charge is 2.35. The van der Waals surface area contributed by atoms with Gasteiger partial charge in [0.1, 0.15) is 16.3 Å². The van der Waals surface area contributed by atoms with E-state index in [-0.39, 0.29) is 23.9 Å². The van der Waals surface area contributed by atoms with Gasteiger partial charge in [0.15, 0.2) is 0 Å². The van der Waals surface area contributed by atoms with Crippen molar-refractivity contribution >= 4 is 39.0 Å². The number of aryl methyl sites for hydroxylation is 2. The van der Waals surface area contributed by atoms with Gasteiger partial charge in [0.05, 0.1) is 39.0 Å². The predicted octanol–water partition coefficient (Wildman–Crippen LogP) is 7.05. The first-order chi connectivity index (χ1) is 21.9. The minimum absolute atomic E-state index is 0.0872. The van der Waals surface area contributed by atoms with Crippen LogP contribution in [-0.4, -0.2) is 36.3 Å². The van der Waals surface area contributed by atoms with Crippen LogP contribution in [0.5, 0.6) is 0 Å². The van der Waals surface area contributed by atoms with Crippen LogP contribution in [0, 0.1) is 13.8 Å². The fraction of sp³-hybridized carbons (Fsp3) is 0.0833. The molecule has 0 spiro atoms. The summed E-state index contributed by atoms with van der Waals surface area (Å²) < 4.78 is 2.31. The summed E-state index contributed by atoms with van der Waals surface area (Å²) in [5, 5.41) is 5.50. The third-order valence-corrected chi connectivity index (χ3v) is 9.26. The number of hydrogen-bond donors (Lipinski definition) is 1. The van der Waals surface area contributed by atoms with Gasteiger partial charge >= 0.3 is 0 Å². The molecule has 1 N–H and O–H groups in total. The molecule has 0 saturated heterocycles. The Balaban J connectivity index is 1.21. The van der Waals surface area contributed by atoms with Gasteiger partial charge in [0.2, 0.25) is 0 Å². The zero-order valence-corrected chi connectivity index (χ0v) is 25.2. The van der Waals surface area contributed by atoms with Gasteiger partial charge in [-0.15, -0.1) is 11.3 Å². The van der Waals surface area contributed by atoms with Crippen molar-refractivity contribution in [3.05, 3.63) is 135 Å². The molecule has 1 aliphatic rings. The molecule has 3 aromatic heterocycles. The largest absolute Gasteiger partial charge is 0.343 e. The van der Waals surface area contributed by atoms with Crippen LogP contribution in [0.3, 0.4) is 0 Å². The van der Waals surface area contributed by atoms with E-state index in [4.69, 9.17) is 10.1 Å². The van der Waals surface area contributed by atoms with Crippen molar-refractivity contribution in [2.24, 2.45) is 0 Å². The van der Waals surface area contributed by atoms with E-state index in [1.807, 2.05) is 86.6 Å². The van der Waals surface area contributed by atoms with E-state index in [1.165, 1.54) is 20.8 Å². The first kappa shape index (κ1) is 26.9. The molecule has 4 aromatic carbocycles. The Morgan fingerprint density at radius 3 is 2.11 bits per heavy atom. The number of nitrogens with zero attached hydrogens (tertiary/aromatic N) is 4. The van der Waals surface area contributed by atoms with Gasteiger partial charge in [-0.1, -0.05) is 78.4 Å². The number of fused-ring (bicyclic) bond motifs is 3. The van der Waals surface area contributed by atoms with Gasteiger partial charge in [0.25, 0.3) is 17.4 Å². The molecule has 9 heteroatoms. The second kappa shape index (κ2) is 10.2. The molecule has 0 atom stereocenters. The molecule has 0 saturated carbocycles. The molecule has 0 radical (unpaired) electrons. The number of amides is 2. The molecule has 0 aliphatic carbocycles. The van der Waals surface area contributed by atoms with E-state index >= 15 is 0 Å². The van der Waals surface area contributed by atoms with Crippen LogP contribution in [0.1, 0.15) is 37.0 Å². The Hall–Kier alpha value is -5.67. The number of hydrogen-bond acceptors (Lipinski definition) is 6. The summed E-state index contributed by atoms with van der Waals surface area (Å²) in [6.45, 7) is 4.02. The highest BCUT2D eigenvalue weighted by atomic mass is 32.1. The first-order valence-electron chi connectivity index (χ1n) is 14.5. The van der Waals surface area contributed by atoms with E-state index in [9.17, 15) is 14.4 Å². The number of imide groups is 1. The number of benzene rings is 4. The van der Waals surface area contributed by atoms with Crippen molar-refractivity contribution in [1.29, 1.82) is 0 Å². The van der Waals surface area contributed by atoms with Gasteiger partial charge in [-0.3, -0.25) is 19.3 Å². The Morgan fingerprint density at radius 2 is 1.40 bits per heavy atom. The molecule has 1 aliphatic heterocycles.